The third-order valence-electron chi connectivity index (χ3n) is 7.51. The molecule has 2 aromatic carbocycles. The lowest BCUT2D eigenvalue weighted by Gasteiger charge is -2.36. The van der Waals surface area contributed by atoms with Crippen LogP contribution in [0.2, 0.25) is 0 Å². The van der Waals surface area contributed by atoms with Crippen molar-refractivity contribution in [3.8, 4) is 22.9 Å². The molecule has 1 N–H and O–H groups in total. The summed E-state index contributed by atoms with van der Waals surface area (Å²) in [4.78, 5) is 0. The van der Waals surface area contributed by atoms with Crippen LogP contribution in [0.1, 0.15) is 102 Å². The van der Waals surface area contributed by atoms with Gasteiger partial charge in [0.15, 0.2) is 0 Å². The van der Waals surface area contributed by atoms with Gasteiger partial charge < -0.3 is 9.84 Å². The molecule has 184 valence electrons. The zero-order valence-electron chi connectivity index (χ0n) is 21.3. The number of hydrogen-bond acceptors (Lipinski definition) is 3. The maximum atomic E-state index is 9.92. The Morgan fingerprint density at radius 2 is 1.68 bits per heavy atom. The summed E-state index contributed by atoms with van der Waals surface area (Å²) in [5, 5.41) is 19.0. The van der Waals surface area contributed by atoms with Crippen molar-refractivity contribution in [3.05, 3.63) is 54.1 Å². The second-order valence-corrected chi connectivity index (χ2v) is 10.2. The first kappa shape index (κ1) is 26.3. The Bertz CT molecular complexity index is 883. The average Bonchev–Trinajstić information content (AvgIpc) is 2.88. The highest BCUT2D eigenvalue weighted by Gasteiger charge is 2.36. The quantitative estimate of drug-likeness (QED) is 0.305. The zero-order valence-corrected chi connectivity index (χ0v) is 21.3. The van der Waals surface area contributed by atoms with Crippen LogP contribution in [0.5, 0.6) is 5.75 Å². The van der Waals surface area contributed by atoms with Gasteiger partial charge in [-0.1, -0.05) is 75.9 Å². The van der Waals surface area contributed by atoms with Crippen LogP contribution in [0.3, 0.4) is 0 Å². The Morgan fingerprint density at radius 1 is 0.971 bits per heavy atom. The SMILES string of the molecule is CCCCC(CCC)Oc1ccc(-c2ccc(C3CCCC(C#N)(CCCCO)C3)cc2)cc1. The molecule has 0 heterocycles. The van der Waals surface area contributed by atoms with Crippen molar-refractivity contribution < 1.29 is 9.84 Å². The van der Waals surface area contributed by atoms with Gasteiger partial charge in [-0.05, 0) is 86.1 Å². The van der Waals surface area contributed by atoms with Gasteiger partial charge in [0.2, 0.25) is 0 Å². The molecule has 1 aliphatic carbocycles. The first-order chi connectivity index (χ1) is 16.6. The molecule has 3 heteroatoms. The summed E-state index contributed by atoms with van der Waals surface area (Å²) in [7, 11) is 0. The van der Waals surface area contributed by atoms with E-state index >= 15 is 0 Å². The summed E-state index contributed by atoms with van der Waals surface area (Å²) >= 11 is 0. The molecule has 34 heavy (non-hydrogen) atoms. The third-order valence-corrected chi connectivity index (χ3v) is 7.51. The minimum absolute atomic E-state index is 0.220. The third kappa shape index (κ3) is 7.34. The van der Waals surface area contributed by atoms with Crippen LogP contribution in [0.4, 0.5) is 0 Å². The van der Waals surface area contributed by atoms with Gasteiger partial charge in [-0.3, -0.25) is 0 Å². The summed E-state index contributed by atoms with van der Waals surface area (Å²) in [5.74, 6) is 1.41. The van der Waals surface area contributed by atoms with E-state index in [0.717, 1.165) is 70.0 Å². The van der Waals surface area contributed by atoms with Gasteiger partial charge in [-0.15, -0.1) is 0 Å². The first-order valence-corrected chi connectivity index (χ1v) is 13.5. The maximum absolute atomic E-state index is 9.92. The molecule has 3 atom stereocenters. The summed E-state index contributed by atoms with van der Waals surface area (Å²) in [6, 6.07) is 20.2. The summed E-state index contributed by atoms with van der Waals surface area (Å²) in [6.45, 7) is 4.67. The smallest absolute Gasteiger partial charge is 0.119 e. The number of unbranched alkanes of at least 4 members (excludes halogenated alkanes) is 2. The van der Waals surface area contributed by atoms with Gasteiger partial charge in [-0.25, -0.2) is 0 Å². The van der Waals surface area contributed by atoms with Gasteiger partial charge in [-0.2, -0.15) is 5.26 Å². The largest absolute Gasteiger partial charge is 0.490 e. The second kappa shape index (κ2) is 13.5. The standard InChI is InChI=1S/C31H43NO2/c1-3-5-11-29(9-4-2)34-30-18-16-26(17-19-30)25-12-14-27(15-13-25)28-10-8-21-31(23-28,24-32)20-6-7-22-33/h12-19,28-29,33H,3-11,20-23H2,1-2H3. The lowest BCUT2D eigenvalue weighted by atomic mass is 9.66. The lowest BCUT2D eigenvalue weighted by molar-refractivity contribution is 0.176. The van der Waals surface area contributed by atoms with Crippen LogP contribution in [-0.4, -0.2) is 17.8 Å². The Hall–Kier alpha value is -2.31. The number of nitriles is 1. The van der Waals surface area contributed by atoms with Crippen molar-refractivity contribution >= 4 is 0 Å². The van der Waals surface area contributed by atoms with Gasteiger partial charge >= 0.3 is 0 Å². The van der Waals surface area contributed by atoms with Gasteiger partial charge in [0.05, 0.1) is 17.6 Å². The Balaban J connectivity index is 1.63. The molecule has 0 saturated heterocycles. The number of aliphatic hydroxyl groups is 1. The van der Waals surface area contributed by atoms with Crippen LogP contribution in [0.15, 0.2) is 48.5 Å². The van der Waals surface area contributed by atoms with E-state index in [9.17, 15) is 5.26 Å². The Kier molecular flexibility index (Phi) is 10.5. The fraction of sp³-hybridized carbons (Fsp3) is 0.581. The Morgan fingerprint density at radius 3 is 2.29 bits per heavy atom. The molecule has 0 bridgehead atoms. The normalized spacial score (nSPS) is 21.1. The molecular formula is C31H43NO2. The first-order valence-electron chi connectivity index (χ1n) is 13.5. The minimum atomic E-state index is -0.223. The number of hydrogen-bond donors (Lipinski definition) is 1. The molecule has 3 unspecified atom stereocenters. The van der Waals surface area contributed by atoms with Crippen LogP contribution in [0, 0.1) is 16.7 Å². The fourth-order valence-electron chi connectivity index (χ4n) is 5.49. The van der Waals surface area contributed by atoms with E-state index < -0.39 is 0 Å². The van der Waals surface area contributed by atoms with E-state index in [1.165, 1.54) is 29.5 Å². The molecule has 2 aromatic rings. The van der Waals surface area contributed by atoms with Crippen molar-refractivity contribution in [3.63, 3.8) is 0 Å². The molecule has 0 aromatic heterocycles. The Labute approximate surface area is 207 Å². The molecule has 1 aliphatic rings. The van der Waals surface area contributed by atoms with Crippen LogP contribution in [0.25, 0.3) is 11.1 Å². The summed E-state index contributed by atoms with van der Waals surface area (Å²) in [5.41, 5.74) is 3.55. The molecule has 0 spiro atoms. The predicted octanol–water partition coefficient (Wildman–Crippen LogP) is 8.42. The number of rotatable bonds is 13. The molecule has 1 saturated carbocycles. The molecule has 0 aliphatic heterocycles. The van der Waals surface area contributed by atoms with Crippen molar-refractivity contribution in [2.24, 2.45) is 5.41 Å². The van der Waals surface area contributed by atoms with E-state index in [1.807, 2.05) is 0 Å². The van der Waals surface area contributed by atoms with Crippen molar-refractivity contribution in [1.29, 1.82) is 5.26 Å². The van der Waals surface area contributed by atoms with Gasteiger partial charge in [0.25, 0.3) is 0 Å². The summed E-state index contributed by atoms with van der Waals surface area (Å²) in [6.07, 6.45) is 13.0. The van der Waals surface area contributed by atoms with Crippen molar-refractivity contribution in [2.45, 2.75) is 103 Å². The predicted molar refractivity (Wildman–Crippen MR) is 141 cm³/mol. The second-order valence-electron chi connectivity index (χ2n) is 10.2. The highest BCUT2D eigenvalue weighted by atomic mass is 16.5. The zero-order chi connectivity index (χ0) is 24.2. The van der Waals surface area contributed by atoms with Gasteiger partial charge in [0.1, 0.15) is 5.75 Å². The average molecular weight is 462 g/mol. The van der Waals surface area contributed by atoms with Crippen molar-refractivity contribution in [1.82, 2.24) is 0 Å². The highest BCUT2D eigenvalue weighted by molar-refractivity contribution is 5.64. The number of ether oxygens (including phenoxy) is 1. The monoisotopic (exact) mass is 461 g/mol. The summed E-state index contributed by atoms with van der Waals surface area (Å²) < 4.78 is 6.27. The van der Waals surface area contributed by atoms with Crippen LogP contribution in [-0.2, 0) is 0 Å². The molecular weight excluding hydrogens is 418 g/mol. The van der Waals surface area contributed by atoms with E-state index in [-0.39, 0.29) is 12.0 Å². The van der Waals surface area contributed by atoms with E-state index in [2.05, 4.69) is 68.4 Å². The molecule has 3 nitrogen and oxygen atoms in total. The topological polar surface area (TPSA) is 53.2 Å². The fourth-order valence-corrected chi connectivity index (χ4v) is 5.49. The maximum Gasteiger partial charge on any atom is 0.119 e. The van der Waals surface area contributed by atoms with E-state index in [0.29, 0.717) is 12.0 Å². The lowest BCUT2D eigenvalue weighted by Crippen LogP contribution is -2.26. The molecule has 3 rings (SSSR count). The highest BCUT2D eigenvalue weighted by Crippen LogP contribution is 2.46. The van der Waals surface area contributed by atoms with Crippen molar-refractivity contribution in [2.75, 3.05) is 6.61 Å². The number of aliphatic hydroxyl groups excluding tert-OH is 1. The number of nitrogens with zero attached hydrogens (tertiary/aromatic N) is 1. The van der Waals surface area contributed by atoms with Gasteiger partial charge in [0, 0.05) is 6.61 Å². The molecule has 0 radical (unpaired) electrons. The minimum Gasteiger partial charge on any atom is -0.490 e. The van der Waals surface area contributed by atoms with Crippen LogP contribution < -0.4 is 4.74 Å². The van der Waals surface area contributed by atoms with Crippen LogP contribution >= 0.6 is 0 Å². The molecule has 1 fully saturated rings. The number of benzene rings is 2. The van der Waals surface area contributed by atoms with E-state index in [1.54, 1.807) is 0 Å². The molecule has 0 amide bonds. The van der Waals surface area contributed by atoms with E-state index in [4.69, 9.17) is 9.84 Å².